The van der Waals surface area contributed by atoms with E-state index in [2.05, 4.69) is 30.1 Å². The topological polar surface area (TPSA) is 3.88 Å². The monoisotopic (exact) mass is 270 g/mol. The molecule has 1 aromatic heterocycles. The van der Waals surface area contributed by atoms with Gasteiger partial charge in [0.15, 0.2) is 12.4 Å². The molecule has 1 aromatic carbocycles. The first-order valence-electron chi connectivity index (χ1n) is 7.45. The lowest BCUT2D eigenvalue weighted by atomic mass is 9.81. The molecule has 0 fully saturated rings. The quantitative estimate of drug-likeness (QED) is 0.749. The number of fused-ring (bicyclic) bond motifs is 1. The highest BCUT2D eigenvalue weighted by atomic mass is 19.1. The van der Waals surface area contributed by atoms with Gasteiger partial charge in [-0.05, 0) is 61.3 Å². The fourth-order valence-electron chi connectivity index (χ4n) is 3.26. The van der Waals surface area contributed by atoms with Gasteiger partial charge in [-0.2, -0.15) is 0 Å². The second-order valence-electron chi connectivity index (χ2n) is 5.85. The third kappa shape index (κ3) is 2.90. The molecule has 1 nitrogen and oxygen atoms in total. The van der Waals surface area contributed by atoms with Crippen LogP contribution in [0.5, 0.6) is 0 Å². The van der Waals surface area contributed by atoms with Crippen molar-refractivity contribution in [2.24, 2.45) is 7.05 Å². The molecule has 1 unspecified atom stereocenters. The number of hydrogen-bond donors (Lipinski definition) is 0. The normalized spacial score (nSPS) is 17.8. The van der Waals surface area contributed by atoms with Crippen LogP contribution in [0.1, 0.15) is 41.9 Å². The molecule has 0 radical (unpaired) electrons. The van der Waals surface area contributed by atoms with Crippen LogP contribution < -0.4 is 4.57 Å². The Balaban J connectivity index is 1.71. The summed E-state index contributed by atoms with van der Waals surface area (Å²) in [6.07, 6.45) is 10.4. The van der Waals surface area contributed by atoms with Crippen LogP contribution in [0.2, 0.25) is 0 Å². The lowest BCUT2D eigenvalue weighted by Gasteiger charge is -2.24. The van der Waals surface area contributed by atoms with E-state index in [-0.39, 0.29) is 5.82 Å². The number of nitrogens with zero attached hydrogens (tertiary/aromatic N) is 1. The maximum absolute atomic E-state index is 12.9. The summed E-state index contributed by atoms with van der Waals surface area (Å²) in [5.41, 5.74) is 4.27. The predicted octanol–water partition coefficient (Wildman–Crippen LogP) is 3.70. The lowest BCUT2D eigenvalue weighted by molar-refractivity contribution is -0.672. The molecule has 0 aliphatic heterocycles. The molecule has 0 saturated heterocycles. The molecular weight excluding hydrogens is 249 g/mol. The molecule has 3 rings (SSSR count). The van der Waals surface area contributed by atoms with Gasteiger partial charge in [-0.15, -0.1) is 0 Å². The van der Waals surface area contributed by atoms with Crippen molar-refractivity contribution in [1.29, 1.82) is 0 Å². The Morgan fingerprint density at radius 2 is 2.00 bits per heavy atom. The molecule has 2 heteroatoms. The van der Waals surface area contributed by atoms with Gasteiger partial charge in [-0.3, -0.25) is 0 Å². The molecule has 0 N–H and O–H groups in total. The number of rotatable bonds is 3. The average Bonchev–Trinajstić information content (AvgIpc) is 2.46. The Morgan fingerprint density at radius 1 is 1.20 bits per heavy atom. The summed E-state index contributed by atoms with van der Waals surface area (Å²) in [5, 5.41) is 0. The van der Waals surface area contributed by atoms with E-state index in [0.717, 1.165) is 12.8 Å². The first kappa shape index (κ1) is 13.3. The van der Waals surface area contributed by atoms with Gasteiger partial charge in [0.2, 0.25) is 0 Å². The Labute approximate surface area is 120 Å². The third-order valence-corrected chi connectivity index (χ3v) is 4.35. The van der Waals surface area contributed by atoms with Crippen molar-refractivity contribution in [3.63, 3.8) is 0 Å². The Bertz CT molecular complexity index is 589. The van der Waals surface area contributed by atoms with Crippen LogP contribution in [0.3, 0.4) is 0 Å². The highest BCUT2D eigenvalue weighted by Gasteiger charge is 2.21. The standard InChI is InChI=1S/C18H21FN/c1-20-12-11-18-15(3-2-4-16(18)13-20)8-5-14-6-9-17(19)10-7-14/h6-7,9-13,15H,2-5,8H2,1H3/q+1. The molecule has 2 aromatic rings. The van der Waals surface area contributed by atoms with Gasteiger partial charge in [0, 0.05) is 11.6 Å². The number of pyridine rings is 1. The molecule has 0 saturated carbocycles. The molecule has 0 amide bonds. The van der Waals surface area contributed by atoms with Crippen LogP contribution in [-0.4, -0.2) is 0 Å². The van der Waals surface area contributed by atoms with Crippen molar-refractivity contribution in [1.82, 2.24) is 0 Å². The molecule has 1 aliphatic carbocycles. The second kappa shape index (κ2) is 5.74. The first-order chi connectivity index (χ1) is 9.72. The zero-order valence-corrected chi connectivity index (χ0v) is 12.0. The van der Waals surface area contributed by atoms with Crippen molar-refractivity contribution in [3.05, 3.63) is 65.2 Å². The minimum atomic E-state index is -0.149. The number of aryl methyl sites for hydroxylation is 3. The largest absolute Gasteiger partial charge is 0.208 e. The maximum atomic E-state index is 12.9. The molecule has 1 atom stereocenters. The van der Waals surface area contributed by atoms with E-state index in [1.54, 1.807) is 12.1 Å². The number of hydrogen-bond acceptors (Lipinski definition) is 0. The van der Waals surface area contributed by atoms with E-state index in [1.807, 2.05) is 12.1 Å². The number of halogens is 1. The molecule has 1 heterocycles. The summed E-state index contributed by atoms with van der Waals surface area (Å²) in [6, 6.07) is 9.21. The van der Waals surface area contributed by atoms with Crippen LogP contribution in [0, 0.1) is 5.82 Å². The Hall–Kier alpha value is -1.70. The highest BCUT2D eigenvalue weighted by molar-refractivity contribution is 5.28. The average molecular weight is 270 g/mol. The summed E-state index contributed by atoms with van der Waals surface area (Å²) in [4.78, 5) is 0. The van der Waals surface area contributed by atoms with Gasteiger partial charge >= 0.3 is 0 Å². The van der Waals surface area contributed by atoms with E-state index in [0.29, 0.717) is 5.92 Å². The molecule has 1 aliphatic rings. The van der Waals surface area contributed by atoms with E-state index in [9.17, 15) is 4.39 Å². The summed E-state index contributed by atoms with van der Waals surface area (Å²) in [6.45, 7) is 0. The first-order valence-corrected chi connectivity index (χ1v) is 7.45. The SMILES string of the molecule is C[n+]1ccc2c(c1)CCCC2CCc1ccc(F)cc1. The van der Waals surface area contributed by atoms with Gasteiger partial charge in [0.05, 0.1) is 0 Å². The van der Waals surface area contributed by atoms with E-state index < -0.39 is 0 Å². The van der Waals surface area contributed by atoms with Crippen LogP contribution >= 0.6 is 0 Å². The smallest absolute Gasteiger partial charge is 0.171 e. The number of benzene rings is 1. The minimum absolute atomic E-state index is 0.149. The molecular formula is C18H21FN+. The van der Waals surface area contributed by atoms with Gasteiger partial charge < -0.3 is 0 Å². The molecule has 0 spiro atoms. The van der Waals surface area contributed by atoms with Crippen molar-refractivity contribution in [3.8, 4) is 0 Å². The van der Waals surface area contributed by atoms with Gasteiger partial charge in [-0.25, -0.2) is 8.96 Å². The van der Waals surface area contributed by atoms with Crippen molar-refractivity contribution >= 4 is 0 Å². The minimum Gasteiger partial charge on any atom is -0.208 e. The Morgan fingerprint density at radius 3 is 2.80 bits per heavy atom. The summed E-state index contributed by atoms with van der Waals surface area (Å²) in [5.74, 6) is 0.509. The van der Waals surface area contributed by atoms with Gasteiger partial charge in [-0.1, -0.05) is 12.1 Å². The zero-order valence-electron chi connectivity index (χ0n) is 12.0. The van der Waals surface area contributed by atoms with Crippen LogP contribution in [0.4, 0.5) is 4.39 Å². The van der Waals surface area contributed by atoms with Gasteiger partial charge in [0.1, 0.15) is 12.9 Å². The van der Waals surface area contributed by atoms with Crippen molar-refractivity contribution in [2.45, 2.75) is 38.0 Å². The van der Waals surface area contributed by atoms with Crippen molar-refractivity contribution < 1.29 is 8.96 Å². The maximum Gasteiger partial charge on any atom is 0.171 e. The predicted molar refractivity (Wildman–Crippen MR) is 78.0 cm³/mol. The summed E-state index contributed by atoms with van der Waals surface area (Å²) in [7, 11) is 2.09. The fraction of sp³-hybridized carbons (Fsp3) is 0.389. The van der Waals surface area contributed by atoms with Crippen molar-refractivity contribution in [2.75, 3.05) is 0 Å². The second-order valence-corrected chi connectivity index (χ2v) is 5.85. The van der Waals surface area contributed by atoms with Crippen LogP contribution in [-0.2, 0) is 19.9 Å². The van der Waals surface area contributed by atoms with Crippen LogP contribution in [0.15, 0.2) is 42.7 Å². The summed E-state index contributed by atoms with van der Waals surface area (Å²) < 4.78 is 15.1. The molecule has 0 bridgehead atoms. The third-order valence-electron chi connectivity index (χ3n) is 4.35. The zero-order chi connectivity index (χ0) is 13.9. The van der Waals surface area contributed by atoms with E-state index >= 15 is 0 Å². The Kier molecular flexibility index (Phi) is 3.81. The highest BCUT2D eigenvalue weighted by Crippen LogP contribution is 2.33. The van der Waals surface area contributed by atoms with E-state index in [4.69, 9.17) is 0 Å². The van der Waals surface area contributed by atoms with Gasteiger partial charge in [0.25, 0.3) is 0 Å². The van der Waals surface area contributed by atoms with Crippen LogP contribution in [0.25, 0.3) is 0 Å². The fourth-order valence-corrected chi connectivity index (χ4v) is 3.26. The lowest BCUT2D eigenvalue weighted by Crippen LogP contribution is -2.29. The van der Waals surface area contributed by atoms with E-state index in [1.165, 1.54) is 36.0 Å². The number of aromatic nitrogens is 1. The summed E-state index contributed by atoms with van der Waals surface area (Å²) >= 11 is 0. The molecule has 104 valence electrons. The molecule has 20 heavy (non-hydrogen) atoms.